The highest BCUT2D eigenvalue weighted by atomic mass is 32.1. The van der Waals surface area contributed by atoms with E-state index in [1.54, 1.807) is 29.7 Å². The van der Waals surface area contributed by atoms with Crippen LogP contribution in [0.3, 0.4) is 0 Å². The Bertz CT molecular complexity index is 827. The zero-order valence-corrected chi connectivity index (χ0v) is 15.0. The monoisotopic (exact) mass is 352 g/mol. The van der Waals surface area contributed by atoms with Crippen molar-refractivity contribution in [3.8, 4) is 17.0 Å². The van der Waals surface area contributed by atoms with Gasteiger partial charge in [0, 0.05) is 29.2 Å². The van der Waals surface area contributed by atoms with Crippen LogP contribution in [0.1, 0.15) is 29.8 Å². The Morgan fingerprint density at radius 1 is 1.20 bits per heavy atom. The summed E-state index contributed by atoms with van der Waals surface area (Å²) in [6.07, 6.45) is 1.88. The lowest BCUT2D eigenvalue weighted by Gasteiger charge is -2.10. The molecule has 3 aromatic rings. The zero-order chi connectivity index (χ0) is 17.6. The number of hydrogen-bond donors (Lipinski definition) is 1. The molecule has 0 unspecified atom stereocenters. The highest BCUT2D eigenvalue weighted by Gasteiger charge is 2.07. The zero-order valence-electron chi connectivity index (χ0n) is 14.2. The summed E-state index contributed by atoms with van der Waals surface area (Å²) in [5.41, 5.74) is 3.65. The van der Waals surface area contributed by atoms with Crippen LogP contribution in [0.4, 0.5) is 0 Å². The van der Waals surface area contributed by atoms with Gasteiger partial charge < -0.3 is 10.1 Å². The maximum Gasteiger partial charge on any atom is 0.251 e. The number of pyridine rings is 1. The molecule has 0 bridgehead atoms. The molecule has 0 aliphatic carbocycles. The molecule has 2 aromatic heterocycles. The molecule has 0 atom stereocenters. The molecule has 0 saturated carbocycles. The Balaban J connectivity index is 1.61. The molecular weight excluding hydrogens is 332 g/mol. The van der Waals surface area contributed by atoms with Crippen LogP contribution in [0.2, 0.25) is 0 Å². The summed E-state index contributed by atoms with van der Waals surface area (Å²) in [5, 5.41) is 7.03. The number of amides is 1. The minimum Gasteiger partial charge on any atom is -0.491 e. The third-order valence-corrected chi connectivity index (χ3v) is 4.27. The second kappa shape index (κ2) is 7.94. The van der Waals surface area contributed by atoms with E-state index in [9.17, 15) is 4.79 Å². The topological polar surface area (TPSA) is 51.2 Å². The number of hydrogen-bond acceptors (Lipinski definition) is 4. The van der Waals surface area contributed by atoms with E-state index in [1.165, 1.54) is 0 Å². The Kier molecular flexibility index (Phi) is 5.46. The molecule has 0 saturated heterocycles. The summed E-state index contributed by atoms with van der Waals surface area (Å²) >= 11 is 1.64. The van der Waals surface area contributed by atoms with Gasteiger partial charge in [-0.25, -0.2) is 0 Å². The number of aromatic nitrogens is 1. The third kappa shape index (κ3) is 4.67. The van der Waals surface area contributed by atoms with Crippen molar-refractivity contribution in [1.82, 2.24) is 10.3 Å². The quantitative estimate of drug-likeness (QED) is 0.709. The van der Waals surface area contributed by atoms with Crippen LogP contribution in [0.5, 0.6) is 5.75 Å². The fraction of sp³-hybridized carbons (Fsp3) is 0.200. The lowest BCUT2D eigenvalue weighted by molar-refractivity contribution is 0.0951. The Morgan fingerprint density at radius 2 is 2.00 bits per heavy atom. The predicted octanol–water partition coefficient (Wildman–Crippen LogP) is 4.53. The standard InChI is InChI=1S/C20H20N2O2S/c1-14(2)24-18-5-3-16(4-6-18)20(23)22-12-15-7-9-21-19(11-15)17-8-10-25-13-17/h3-11,13-14H,12H2,1-2H3,(H,22,23). The van der Waals surface area contributed by atoms with E-state index in [-0.39, 0.29) is 12.0 Å². The molecule has 0 aliphatic rings. The minimum absolute atomic E-state index is 0.106. The van der Waals surface area contributed by atoms with E-state index in [0.717, 1.165) is 22.6 Å². The van der Waals surface area contributed by atoms with Crippen molar-refractivity contribution in [3.05, 3.63) is 70.5 Å². The number of carbonyl (C=O) groups is 1. The molecule has 3 rings (SSSR count). The van der Waals surface area contributed by atoms with Gasteiger partial charge in [-0.1, -0.05) is 0 Å². The molecule has 1 N–H and O–H groups in total. The second-order valence-electron chi connectivity index (χ2n) is 5.94. The van der Waals surface area contributed by atoms with Crippen molar-refractivity contribution < 1.29 is 9.53 Å². The lowest BCUT2D eigenvalue weighted by Crippen LogP contribution is -2.22. The van der Waals surface area contributed by atoms with Crippen molar-refractivity contribution in [3.63, 3.8) is 0 Å². The largest absolute Gasteiger partial charge is 0.491 e. The van der Waals surface area contributed by atoms with Crippen LogP contribution in [0, 0.1) is 0 Å². The number of nitrogens with one attached hydrogen (secondary N) is 1. The van der Waals surface area contributed by atoms with Gasteiger partial charge >= 0.3 is 0 Å². The van der Waals surface area contributed by atoms with E-state index >= 15 is 0 Å². The van der Waals surface area contributed by atoms with Crippen molar-refractivity contribution in [2.75, 3.05) is 0 Å². The van der Waals surface area contributed by atoms with Gasteiger partial charge in [0.15, 0.2) is 0 Å². The predicted molar refractivity (Wildman–Crippen MR) is 101 cm³/mol. The average Bonchev–Trinajstić information content (AvgIpc) is 3.15. The molecule has 128 valence electrons. The lowest BCUT2D eigenvalue weighted by atomic mass is 10.1. The summed E-state index contributed by atoms with van der Waals surface area (Å²) in [7, 11) is 0. The molecule has 1 aromatic carbocycles. The van der Waals surface area contributed by atoms with Crippen LogP contribution < -0.4 is 10.1 Å². The molecule has 2 heterocycles. The molecule has 0 radical (unpaired) electrons. The van der Waals surface area contributed by atoms with Gasteiger partial charge in [-0.15, -0.1) is 0 Å². The van der Waals surface area contributed by atoms with Crippen molar-refractivity contribution >= 4 is 17.2 Å². The van der Waals surface area contributed by atoms with Gasteiger partial charge in [0.1, 0.15) is 5.75 Å². The first-order chi connectivity index (χ1) is 12.1. The van der Waals surface area contributed by atoms with Crippen LogP contribution in [0.15, 0.2) is 59.4 Å². The normalized spacial score (nSPS) is 10.7. The van der Waals surface area contributed by atoms with Crippen LogP contribution in [0.25, 0.3) is 11.3 Å². The highest BCUT2D eigenvalue weighted by molar-refractivity contribution is 7.08. The maximum absolute atomic E-state index is 12.3. The van der Waals surface area contributed by atoms with Crippen LogP contribution >= 0.6 is 11.3 Å². The third-order valence-electron chi connectivity index (χ3n) is 3.58. The Hall–Kier alpha value is -2.66. The second-order valence-corrected chi connectivity index (χ2v) is 6.72. The smallest absolute Gasteiger partial charge is 0.251 e. The Morgan fingerprint density at radius 3 is 2.68 bits per heavy atom. The molecule has 1 amide bonds. The summed E-state index contributed by atoms with van der Waals surface area (Å²) in [6.45, 7) is 4.40. The first-order valence-electron chi connectivity index (χ1n) is 8.14. The van der Waals surface area contributed by atoms with Gasteiger partial charge in [0.05, 0.1) is 11.8 Å². The van der Waals surface area contributed by atoms with E-state index in [4.69, 9.17) is 4.74 Å². The van der Waals surface area contributed by atoms with Crippen molar-refractivity contribution in [1.29, 1.82) is 0 Å². The van der Waals surface area contributed by atoms with E-state index in [1.807, 2.05) is 49.6 Å². The molecule has 25 heavy (non-hydrogen) atoms. The summed E-state index contributed by atoms with van der Waals surface area (Å²) in [5.74, 6) is 0.658. The average molecular weight is 352 g/mol. The van der Waals surface area contributed by atoms with E-state index < -0.39 is 0 Å². The number of nitrogens with zero attached hydrogens (tertiary/aromatic N) is 1. The number of rotatable bonds is 6. The van der Waals surface area contributed by atoms with Gasteiger partial charge in [0.2, 0.25) is 0 Å². The maximum atomic E-state index is 12.3. The molecule has 0 aliphatic heterocycles. The first kappa shape index (κ1) is 17.2. The fourth-order valence-corrected chi connectivity index (χ4v) is 3.04. The minimum atomic E-state index is -0.106. The molecule has 4 nitrogen and oxygen atoms in total. The van der Waals surface area contributed by atoms with Gasteiger partial charge in [-0.05, 0) is 67.3 Å². The summed E-state index contributed by atoms with van der Waals surface area (Å²) in [6, 6.07) is 13.1. The SMILES string of the molecule is CC(C)Oc1ccc(C(=O)NCc2ccnc(-c3ccsc3)c2)cc1. The van der Waals surface area contributed by atoms with Gasteiger partial charge in [-0.2, -0.15) is 11.3 Å². The number of ether oxygens (including phenoxy) is 1. The van der Waals surface area contributed by atoms with Gasteiger partial charge in [0.25, 0.3) is 5.91 Å². The first-order valence-corrected chi connectivity index (χ1v) is 9.08. The number of benzene rings is 1. The molecule has 0 fully saturated rings. The molecule has 0 spiro atoms. The van der Waals surface area contributed by atoms with Gasteiger partial charge in [-0.3, -0.25) is 9.78 Å². The van der Waals surface area contributed by atoms with Crippen molar-refractivity contribution in [2.45, 2.75) is 26.5 Å². The summed E-state index contributed by atoms with van der Waals surface area (Å²) in [4.78, 5) is 16.7. The number of thiophene rings is 1. The van der Waals surface area contributed by atoms with Crippen molar-refractivity contribution in [2.24, 2.45) is 0 Å². The Labute approximate surface area is 151 Å². The molecule has 5 heteroatoms. The molecular formula is C20H20N2O2S. The van der Waals surface area contributed by atoms with Crippen LogP contribution in [-0.2, 0) is 6.54 Å². The van der Waals surface area contributed by atoms with Crippen LogP contribution in [-0.4, -0.2) is 17.0 Å². The fourth-order valence-electron chi connectivity index (χ4n) is 2.39. The highest BCUT2D eigenvalue weighted by Crippen LogP contribution is 2.20. The van der Waals surface area contributed by atoms with E-state index in [2.05, 4.69) is 15.7 Å². The summed E-state index contributed by atoms with van der Waals surface area (Å²) < 4.78 is 5.59. The van der Waals surface area contributed by atoms with E-state index in [0.29, 0.717) is 12.1 Å². The number of carbonyl (C=O) groups excluding carboxylic acids is 1.